The minimum absolute atomic E-state index is 0.0346. The van der Waals surface area contributed by atoms with Gasteiger partial charge in [0.15, 0.2) is 5.09 Å². The highest BCUT2D eigenvalue weighted by molar-refractivity contribution is 7.98. The monoisotopic (exact) mass is 280 g/mol. The van der Waals surface area contributed by atoms with Crippen LogP contribution in [-0.4, -0.2) is 20.9 Å². The first-order valence-corrected chi connectivity index (χ1v) is 7.08. The maximum Gasteiger partial charge on any atom is 0.371 e. The molecule has 0 amide bonds. The second-order valence-corrected chi connectivity index (χ2v) is 5.24. The molecule has 0 aliphatic carbocycles. The van der Waals surface area contributed by atoms with Crippen LogP contribution in [-0.2, 0) is 5.75 Å². The Hall–Kier alpha value is -1.69. The summed E-state index contributed by atoms with van der Waals surface area (Å²) in [6, 6.07) is 5.49. The predicted molar refractivity (Wildman–Crippen MR) is 72.5 cm³/mol. The molecule has 2 aromatic heterocycles. The van der Waals surface area contributed by atoms with Gasteiger partial charge < -0.3 is 9.52 Å². The van der Waals surface area contributed by atoms with Gasteiger partial charge in [-0.05, 0) is 31.5 Å². The topological polar surface area (TPSA) is 68.3 Å². The summed E-state index contributed by atoms with van der Waals surface area (Å²) in [7, 11) is 0. The van der Waals surface area contributed by atoms with Gasteiger partial charge in [0.2, 0.25) is 5.76 Å². The standard InChI is InChI=1S/C13H16N2O3S/c1-3-9(2)15-7-6-10(14-15)8-19-12-5-4-11(18-12)13(16)17/h4-7,9H,3,8H2,1-2H3,(H,16,17). The van der Waals surface area contributed by atoms with Gasteiger partial charge in [0, 0.05) is 18.0 Å². The van der Waals surface area contributed by atoms with Crippen LogP contribution in [0.5, 0.6) is 0 Å². The molecule has 1 atom stereocenters. The van der Waals surface area contributed by atoms with Gasteiger partial charge in [-0.1, -0.05) is 18.7 Å². The van der Waals surface area contributed by atoms with Crippen LogP contribution in [0, 0.1) is 0 Å². The molecule has 0 spiro atoms. The van der Waals surface area contributed by atoms with E-state index in [-0.39, 0.29) is 5.76 Å². The van der Waals surface area contributed by atoms with Crippen molar-refractivity contribution in [2.75, 3.05) is 0 Å². The van der Waals surface area contributed by atoms with E-state index in [4.69, 9.17) is 9.52 Å². The van der Waals surface area contributed by atoms with Gasteiger partial charge in [-0.2, -0.15) is 5.10 Å². The van der Waals surface area contributed by atoms with E-state index in [0.29, 0.717) is 16.9 Å². The van der Waals surface area contributed by atoms with Crippen LogP contribution in [0.3, 0.4) is 0 Å². The molecule has 0 radical (unpaired) electrons. The van der Waals surface area contributed by atoms with E-state index in [9.17, 15) is 4.79 Å². The minimum Gasteiger partial charge on any atom is -0.475 e. The van der Waals surface area contributed by atoms with Crippen molar-refractivity contribution in [3.8, 4) is 0 Å². The molecule has 2 aromatic rings. The fourth-order valence-corrected chi connectivity index (χ4v) is 2.30. The van der Waals surface area contributed by atoms with Crippen LogP contribution in [0.15, 0.2) is 33.9 Å². The fraction of sp³-hybridized carbons (Fsp3) is 0.385. The van der Waals surface area contributed by atoms with E-state index in [2.05, 4.69) is 18.9 Å². The molecule has 6 heteroatoms. The number of hydrogen-bond acceptors (Lipinski definition) is 4. The molecule has 0 saturated carbocycles. The van der Waals surface area contributed by atoms with Gasteiger partial charge in [0.1, 0.15) is 0 Å². The lowest BCUT2D eigenvalue weighted by Gasteiger charge is -2.07. The molecule has 0 saturated heterocycles. The van der Waals surface area contributed by atoms with Gasteiger partial charge >= 0.3 is 5.97 Å². The first-order chi connectivity index (χ1) is 9.10. The maximum absolute atomic E-state index is 10.7. The Labute approximate surface area is 115 Å². The van der Waals surface area contributed by atoms with Crippen molar-refractivity contribution in [1.29, 1.82) is 0 Å². The third kappa shape index (κ3) is 3.41. The average Bonchev–Trinajstić information content (AvgIpc) is 3.04. The Bertz CT molecular complexity index is 562. The van der Waals surface area contributed by atoms with Gasteiger partial charge in [-0.15, -0.1) is 0 Å². The summed E-state index contributed by atoms with van der Waals surface area (Å²) in [4.78, 5) is 10.7. The van der Waals surface area contributed by atoms with Gasteiger partial charge in [0.05, 0.1) is 5.69 Å². The lowest BCUT2D eigenvalue weighted by atomic mass is 10.3. The lowest BCUT2D eigenvalue weighted by Crippen LogP contribution is -2.04. The third-order valence-corrected chi connectivity index (χ3v) is 3.80. The summed E-state index contributed by atoms with van der Waals surface area (Å²) < 4.78 is 7.12. The van der Waals surface area contributed by atoms with Crippen LogP contribution in [0.25, 0.3) is 0 Å². The summed E-state index contributed by atoms with van der Waals surface area (Å²) in [5.41, 5.74) is 0.957. The van der Waals surface area contributed by atoms with Crippen LogP contribution < -0.4 is 0 Å². The van der Waals surface area contributed by atoms with Gasteiger partial charge in [-0.3, -0.25) is 4.68 Å². The van der Waals surface area contributed by atoms with Crippen molar-refractivity contribution in [3.63, 3.8) is 0 Å². The Morgan fingerprint density at radius 3 is 2.95 bits per heavy atom. The predicted octanol–water partition coefficient (Wildman–Crippen LogP) is 3.44. The van der Waals surface area contributed by atoms with E-state index in [1.54, 1.807) is 6.07 Å². The number of nitrogens with zero attached hydrogens (tertiary/aromatic N) is 2. The second-order valence-electron chi connectivity index (χ2n) is 4.26. The summed E-state index contributed by atoms with van der Waals surface area (Å²) >= 11 is 1.44. The van der Waals surface area contributed by atoms with Crippen molar-refractivity contribution >= 4 is 17.7 Å². The largest absolute Gasteiger partial charge is 0.475 e. The van der Waals surface area contributed by atoms with Crippen molar-refractivity contribution in [1.82, 2.24) is 9.78 Å². The van der Waals surface area contributed by atoms with Crippen molar-refractivity contribution in [3.05, 3.63) is 35.9 Å². The molecule has 0 aliphatic heterocycles. The number of hydrogen-bond donors (Lipinski definition) is 1. The molecule has 102 valence electrons. The quantitative estimate of drug-likeness (QED) is 0.821. The van der Waals surface area contributed by atoms with Gasteiger partial charge in [-0.25, -0.2) is 4.79 Å². The SMILES string of the molecule is CCC(C)n1ccc(CSc2ccc(C(=O)O)o2)n1. The molecular formula is C13H16N2O3S. The van der Waals surface area contributed by atoms with Crippen LogP contribution in [0.2, 0.25) is 0 Å². The van der Waals surface area contributed by atoms with Crippen LogP contribution >= 0.6 is 11.8 Å². The highest BCUT2D eigenvalue weighted by Gasteiger charge is 2.10. The Morgan fingerprint density at radius 2 is 2.32 bits per heavy atom. The molecule has 0 aliphatic rings. The Morgan fingerprint density at radius 1 is 1.53 bits per heavy atom. The van der Waals surface area contributed by atoms with E-state index in [0.717, 1.165) is 12.1 Å². The number of carbonyl (C=O) groups is 1. The van der Waals surface area contributed by atoms with E-state index >= 15 is 0 Å². The Kier molecular flexibility index (Phi) is 4.31. The summed E-state index contributed by atoms with van der Waals surface area (Å²) in [6.45, 7) is 4.24. The lowest BCUT2D eigenvalue weighted by molar-refractivity contribution is 0.0656. The number of carboxylic acids is 1. The number of carboxylic acid groups (broad SMARTS) is 1. The van der Waals surface area contributed by atoms with Crippen molar-refractivity contribution in [2.45, 2.75) is 37.2 Å². The zero-order chi connectivity index (χ0) is 13.8. The maximum atomic E-state index is 10.7. The van der Waals surface area contributed by atoms with E-state index in [1.807, 2.05) is 16.9 Å². The summed E-state index contributed by atoms with van der Waals surface area (Å²) in [5.74, 6) is -0.420. The van der Waals surface area contributed by atoms with Crippen LogP contribution in [0.4, 0.5) is 0 Å². The molecule has 0 fully saturated rings. The minimum atomic E-state index is -1.05. The third-order valence-electron chi connectivity index (χ3n) is 2.86. The molecule has 2 rings (SSSR count). The smallest absolute Gasteiger partial charge is 0.371 e. The average molecular weight is 280 g/mol. The van der Waals surface area contributed by atoms with Crippen LogP contribution in [0.1, 0.15) is 42.6 Å². The number of aromatic nitrogens is 2. The molecule has 1 unspecified atom stereocenters. The normalized spacial score (nSPS) is 12.5. The molecule has 19 heavy (non-hydrogen) atoms. The Balaban J connectivity index is 1.94. The molecule has 5 nitrogen and oxygen atoms in total. The molecular weight excluding hydrogens is 264 g/mol. The summed E-state index contributed by atoms with van der Waals surface area (Å²) in [6.07, 6.45) is 3.00. The second kappa shape index (κ2) is 5.97. The number of rotatable bonds is 6. The molecule has 1 N–H and O–H groups in total. The highest BCUT2D eigenvalue weighted by atomic mass is 32.2. The zero-order valence-corrected chi connectivity index (χ0v) is 11.7. The summed E-state index contributed by atoms with van der Waals surface area (Å²) in [5, 5.41) is 13.8. The van der Waals surface area contributed by atoms with E-state index < -0.39 is 5.97 Å². The van der Waals surface area contributed by atoms with Gasteiger partial charge in [0.25, 0.3) is 0 Å². The van der Waals surface area contributed by atoms with Crippen molar-refractivity contribution < 1.29 is 14.3 Å². The van der Waals surface area contributed by atoms with Crippen molar-refractivity contribution in [2.24, 2.45) is 0 Å². The zero-order valence-electron chi connectivity index (χ0n) is 10.9. The molecule has 2 heterocycles. The number of furan rings is 1. The molecule has 0 bridgehead atoms. The molecule has 0 aromatic carbocycles. The number of thioether (sulfide) groups is 1. The fourth-order valence-electron chi connectivity index (χ4n) is 1.54. The first kappa shape index (κ1) is 13.7. The van der Waals surface area contributed by atoms with E-state index in [1.165, 1.54) is 17.8 Å². The highest BCUT2D eigenvalue weighted by Crippen LogP contribution is 2.24. The first-order valence-electron chi connectivity index (χ1n) is 6.10. The number of aromatic carboxylic acids is 1.